The summed E-state index contributed by atoms with van der Waals surface area (Å²) in [7, 11) is 0. The van der Waals surface area contributed by atoms with Crippen molar-refractivity contribution in [1.29, 1.82) is 0 Å². The molecular weight excluding hydrogens is 328 g/mol. The summed E-state index contributed by atoms with van der Waals surface area (Å²) in [5.41, 5.74) is 7.75. The highest BCUT2D eigenvalue weighted by molar-refractivity contribution is 5.85. The molecule has 4 atom stereocenters. The Morgan fingerprint density at radius 1 is 1.29 bits per heavy atom. The van der Waals surface area contributed by atoms with Crippen LogP contribution >= 0.6 is 12.4 Å². The number of H-pyrrole nitrogens is 1. The van der Waals surface area contributed by atoms with Crippen molar-refractivity contribution in [2.24, 2.45) is 23.5 Å². The van der Waals surface area contributed by atoms with E-state index in [1.54, 1.807) is 4.57 Å². The second kappa shape index (κ2) is 6.61. The summed E-state index contributed by atoms with van der Waals surface area (Å²) in [5, 5.41) is 2.98. The molecule has 24 heavy (non-hydrogen) atoms. The monoisotopic (exact) mass is 350 g/mol. The lowest BCUT2D eigenvalue weighted by molar-refractivity contribution is -0.127. The van der Waals surface area contributed by atoms with Gasteiger partial charge in [0, 0.05) is 19.1 Å². The van der Waals surface area contributed by atoms with Crippen molar-refractivity contribution in [3.8, 4) is 0 Å². The third-order valence-corrected chi connectivity index (χ3v) is 5.60. The molecule has 2 saturated carbocycles. The Bertz CT molecular complexity index is 797. The van der Waals surface area contributed by atoms with E-state index < -0.39 is 0 Å². The number of carbonyl (C=O) groups is 1. The van der Waals surface area contributed by atoms with Gasteiger partial charge >= 0.3 is 5.69 Å². The van der Waals surface area contributed by atoms with Gasteiger partial charge in [-0.2, -0.15) is 0 Å². The molecule has 7 heteroatoms. The lowest BCUT2D eigenvalue weighted by atomic mass is 9.84. The van der Waals surface area contributed by atoms with Gasteiger partial charge in [-0.05, 0) is 43.2 Å². The Balaban J connectivity index is 0.00000169. The predicted molar refractivity (Wildman–Crippen MR) is 95.1 cm³/mol. The summed E-state index contributed by atoms with van der Waals surface area (Å²) in [5.74, 6) is 0.976. The molecule has 4 rings (SSSR count). The van der Waals surface area contributed by atoms with Crippen LogP contribution < -0.4 is 16.7 Å². The first-order valence-electron chi connectivity index (χ1n) is 8.36. The molecule has 2 aromatic rings. The fraction of sp³-hybridized carbons (Fsp3) is 0.529. The number of nitrogens with two attached hydrogens (primary N) is 1. The Hall–Kier alpha value is -1.79. The maximum absolute atomic E-state index is 12.4. The van der Waals surface area contributed by atoms with E-state index in [1.807, 2.05) is 24.3 Å². The van der Waals surface area contributed by atoms with E-state index in [4.69, 9.17) is 5.73 Å². The van der Waals surface area contributed by atoms with E-state index in [2.05, 4.69) is 10.3 Å². The summed E-state index contributed by atoms with van der Waals surface area (Å²) in [4.78, 5) is 27.3. The molecule has 130 valence electrons. The fourth-order valence-corrected chi connectivity index (χ4v) is 4.46. The zero-order chi connectivity index (χ0) is 16.0. The standard InChI is InChI=1S/C17H22N4O2.ClH/c18-15-11-6-5-10(9-11)14(15)16(22)19-7-8-21-13-4-2-1-3-12(13)20-17(21)23;/h1-4,10-11,14-15H,5-9,18H2,(H,19,22)(H,20,23);1H. The van der Waals surface area contributed by atoms with E-state index >= 15 is 0 Å². The fourth-order valence-electron chi connectivity index (χ4n) is 4.46. The first-order valence-corrected chi connectivity index (χ1v) is 8.36. The number of halogens is 1. The van der Waals surface area contributed by atoms with Crippen molar-refractivity contribution < 1.29 is 4.79 Å². The van der Waals surface area contributed by atoms with Gasteiger partial charge in [-0.15, -0.1) is 12.4 Å². The van der Waals surface area contributed by atoms with Gasteiger partial charge in [-0.25, -0.2) is 4.79 Å². The van der Waals surface area contributed by atoms with E-state index in [9.17, 15) is 9.59 Å². The molecule has 1 amide bonds. The number of fused-ring (bicyclic) bond motifs is 3. The molecule has 0 saturated heterocycles. The van der Waals surface area contributed by atoms with Crippen molar-refractivity contribution in [2.45, 2.75) is 31.8 Å². The number of carbonyl (C=O) groups excluding carboxylic acids is 1. The lowest BCUT2D eigenvalue weighted by Crippen LogP contribution is -2.46. The molecule has 2 fully saturated rings. The minimum absolute atomic E-state index is 0. The minimum atomic E-state index is -0.142. The summed E-state index contributed by atoms with van der Waals surface area (Å²) in [6, 6.07) is 7.57. The molecule has 2 aliphatic rings. The van der Waals surface area contributed by atoms with Gasteiger partial charge in [0.2, 0.25) is 5.91 Å². The number of rotatable bonds is 4. The molecule has 1 aromatic heterocycles. The molecule has 4 unspecified atom stereocenters. The van der Waals surface area contributed by atoms with Crippen LogP contribution in [0.25, 0.3) is 11.0 Å². The molecular formula is C17H23ClN4O2. The van der Waals surface area contributed by atoms with Gasteiger partial charge in [0.15, 0.2) is 0 Å². The van der Waals surface area contributed by atoms with Gasteiger partial charge in [0.25, 0.3) is 0 Å². The van der Waals surface area contributed by atoms with Gasteiger partial charge in [0.05, 0.1) is 17.0 Å². The number of aromatic amines is 1. The number of imidazole rings is 1. The number of hydrogen-bond donors (Lipinski definition) is 3. The van der Waals surface area contributed by atoms with Crippen LogP contribution in [0.5, 0.6) is 0 Å². The zero-order valence-corrected chi connectivity index (χ0v) is 14.2. The van der Waals surface area contributed by atoms with E-state index in [0.29, 0.717) is 24.9 Å². The highest BCUT2D eigenvalue weighted by Crippen LogP contribution is 2.47. The van der Waals surface area contributed by atoms with Crippen LogP contribution in [0.1, 0.15) is 19.3 Å². The number of para-hydroxylation sites is 2. The minimum Gasteiger partial charge on any atom is -0.354 e. The zero-order valence-electron chi connectivity index (χ0n) is 13.4. The Morgan fingerprint density at radius 3 is 2.79 bits per heavy atom. The van der Waals surface area contributed by atoms with Crippen molar-refractivity contribution in [3.05, 3.63) is 34.7 Å². The quantitative estimate of drug-likeness (QED) is 0.774. The molecule has 2 bridgehead atoms. The van der Waals surface area contributed by atoms with Crippen molar-refractivity contribution in [3.63, 3.8) is 0 Å². The Labute approximate surface area is 146 Å². The van der Waals surface area contributed by atoms with Gasteiger partial charge < -0.3 is 16.0 Å². The second-order valence-electron chi connectivity index (χ2n) is 6.83. The largest absolute Gasteiger partial charge is 0.354 e. The van der Waals surface area contributed by atoms with Crippen molar-refractivity contribution in [1.82, 2.24) is 14.9 Å². The third kappa shape index (κ3) is 2.74. The van der Waals surface area contributed by atoms with Gasteiger partial charge in [0.1, 0.15) is 0 Å². The molecule has 2 aliphatic carbocycles. The Kier molecular flexibility index (Phi) is 4.69. The first kappa shape index (κ1) is 17.0. The smallest absolute Gasteiger partial charge is 0.326 e. The van der Waals surface area contributed by atoms with Crippen LogP contribution in [-0.4, -0.2) is 28.0 Å². The summed E-state index contributed by atoms with van der Waals surface area (Å²) >= 11 is 0. The lowest BCUT2D eigenvalue weighted by Gasteiger charge is -2.27. The third-order valence-electron chi connectivity index (χ3n) is 5.60. The molecule has 6 nitrogen and oxygen atoms in total. The SMILES string of the molecule is Cl.NC1C2CCC(C2)C1C(=O)NCCn1c(=O)[nH]c2ccccc21. The van der Waals surface area contributed by atoms with Gasteiger partial charge in [-0.3, -0.25) is 9.36 Å². The number of aromatic nitrogens is 2. The molecule has 4 N–H and O–H groups in total. The average molecular weight is 351 g/mol. The average Bonchev–Trinajstić information content (AvgIpc) is 3.20. The molecule has 1 aromatic carbocycles. The van der Waals surface area contributed by atoms with Crippen LogP contribution in [0.2, 0.25) is 0 Å². The molecule has 0 spiro atoms. The predicted octanol–water partition coefficient (Wildman–Crippen LogP) is 1.24. The molecule has 0 aliphatic heterocycles. The highest BCUT2D eigenvalue weighted by atomic mass is 35.5. The van der Waals surface area contributed by atoms with Crippen LogP contribution in [0.4, 0.5) is 0 Å². The molecule has 1 heterocycles. The number of nitrogens with one attached hydrogen (secondary N) is 2. The maximum Gasteiger partial charge on any atom is 0.326 e. The van der Waals surface area contributed by atoms with Crippen LogP contribution in [0.15, 0.2) is 29.1 Å². The topological polar surface area (TPSA) is 92.9 Å². The summed E-state index contributed by atoms with van der Waals surface area (Å²) in [6.45, 7) is 0.909. The normalized spacial score (nSPS) is 28.0. The van der Waals surface area contributed by atoms with Crippen LogP contribution in [0.3, 0.4) is 0 Å². The maximum atomic E-state index is 12.4. The number of nitrogens with zero attached hydrogens (tertiary/aromatic N) is 1. The van der Waals surface area contributed by atoms with Crippen molar-refractivity contribution >= 4 is 29.3 Å². The molecule has 0 radical (unpaired) electrons. The highest BCUT2D eigenvalue weighted by Gasteiger charge is 2.48. The summed E-state index contributed by atoms with van der Waals surface area (Å²) in [6.07, 6.45) is 3.39. The Morgan fingerprint density at radius 2 is 2.04 bits per heavy atom. The van der Waals surface area contributed by atoms with Crippen LogP contribution in [-0.2, 0) is 11.3 Å². The van der Waals surface area contributed by atoms with E-state index in [0.717, 1.165) is 23.9 Å². The first-order chi connectivity index (χ1) is 11.1. The second-order valence-corrected chi connectivity index (χ2v) is 6.83. The summed E-state index contributed by atoms with van der Waals surface area (Å²) < 4.78 is 1.66. The number of amides is 1. The van der Waals surface area contributed by atoms with Crippen molar-refractivity contribution in [2.75, 3.05) is 6.54 Å². The van der Waals surface area contributed by atoms with E-state index in [1.165, 1.54) is 6.42 Å². The number of hydrogen-bond acceptors (Lipinski definition) is 3. The number of benzene rings is 1. The van der Waals surface area contributed by atoms with Crippen LogP contribution in [0, 0.1) is 17.8 Å². The van der Waals surface area contributed by atoms with E-state index in [-0.39, 0.29) is 36.0 Å². The van der Waals surface area contributed by atoms with Gasteiger partial charge in [-0.1, -0.05) is 12.1 Å².